The molecule has 0 bridgehead atoms. The van der Waals surface area contributed by atoms with Crippen molar-refractivity contribution in [1.82, 2.24) is 9.80 Å². The standard InChI is InChI=1S/C16H31N3O/c1-4-18-8-9-19(11-12(18)2)16(20)13(3)14-6-5-7-15(17)10-14/h12-15H,4-11,17H2,1-3H3. The van der Waals surface area contributed by atoms with Crippen LogP contribution >= 0.6 is 0 Å². The SMILES string of the molecule is CCN1CCN(C(=O)C(C)C2CCCC(N)C2)CC1C. The second-order valence-electron chi connectivity index (χ2n) is 6.74. The fourth-order valence-corrected chi connectivity index (χ4v) is 3.88. The summed E-state index contributed by atoms with van der Waals surface area (Å²) in [5, 5.41) is 0. The third-order valence-corrected chi connectivity index (χ3v) is 5.33. The molecule has 0 aromatic heterocycles. The Morgan fingerprint density at radius 3 is 2.70 bits per heavy atom. The van der Waals surface area contributed by atoms with Crippen LogP contribution in [0.3, 0.4) is 0 Å². The fraction of sp³-hybridized carbons (Fsp3) is 0.938. The molecule has 1 saturated carbocycles. The maximum absolute atomic E-state index is 12.7. The predicted molar refractivity (Wildman–Crippen MR) is 82.4 cm³/mol. The van der Waals surface area contributed by atoms with Crippen LogP contribution < -0.4 is 5.73 Å². The number of carbonyl (C=O) groups is 1. The number of hydrogen-bond acceptors (Lipinski definition) is 3. The first-order valence-electron chi connectivity index (χ1n) is 8.31. The van der Waals surface area contributed by atoms with E-state index in [-0.39, 0.29) is 5.92 Å². The number of hydrogen-bond donors (Lipinski definition) is 1. The molecule has 1 aliphatic carbocycles. The highest BCUT2D eigenvalue weighted by Crippen LogP contribution is 2.30. The summed E-state index contributed by atoms with van der Waals surface area (Å²) in [5.41, 5.74) is 6.07. The van der Waals surface area contributed by atoms with Gasteiger partial charge in [-0.3, -0.25) is 9.69 Å². The third-order valence-electron chi connectivity index (χ3n) is 5.33. The van der Waals surface area contributed by atoms with Crippen LogP contribution in [-0.4, -0.2) is 54.0 Å². The molecule has 0 aromatic carbocycles. The summed E-state index contributed by atoms with van der Waals surface area (Å²) >= 11 is 0. The molecule has 0 spiro atoms. The second-order valence-corrected chi connectivity index (χ2v) is 6.74. The van der Waals surface area contributed by atoms with Crippen LogP contribution in [0.25, 0.3) is 0 Å². The van der Waals surface area contributed by atoms with E-state index < -0.39 is 0 Å². The van der Waals surface area contributed by atoms with Gasteiger partial charge in [-0.2, -0.15) is 0 Å². The van der Waals surface area contributed by atoms with Gasteiger partial charge in [0.05, 0.1) is 0 Å². The van der Waals surface area contributed by atoms with E-state index in [0.29, 0.717) is 23.9 Å². The molecule has 1 amide bonds. The van der Waals surface area contributed by atoms with Crippen molar-refractivity contribution < 1.29 is 4.79 Å². The Labute approximate surface area is 123 Å². The van der Waals surface area contributed by atoms with Crippen molar-refractivity contribution in [1.29, 1.82) is 0 Å². The number of nitrogens with two attached hydrogens (primary N) is 1. The Bertz CT molecular complexity index is 334. The summed E-state index contributed by atoms with van der Waals surface area (Å²) in [7, 11) is 0. The first-order chi connectivity index (χ1) is 9.52. The molecule has 1 heterocycles. The highest BCUT2D eigenvalue weighted by molar-refractivity contribution is 5.79. The molecule has 20 heavy (non-hydrogen) atoms. The summed E-state index contributed by atoms with van der Waals surface area (Å²) < 4.78 is 0. The van der Waals surface area contributed by atoms with E-state index in [9.17, 15) is 4.79 Å². The molecule has 4 nitrogen and oxygen atoms in total. The Morgan fingerprint density at radius 1 is 1.35 bits per heavy atom. The number of amides is 1. The molecule has 4 unspecified atom stereocenters. The number of carbonyl (C=O) groups excluding carboxylic acids is 1. The largest absolute Gasteiger partial charge is 0.340 e. The molecule has 0 radical (unpaired) electrons. The predicted octanol–water partition coefficient (Wildman–Crippen LogP) is 1.69. The van der Waals surface area contributed by atoms with Gasteiger partial charge in [0.2, 0.25) is 5.91 Å². The number of rotatable bonds is 3. The van der Waals surface area contributed by atoms with Crippen molar-refractivity contribution >= 4 is 5.91 Å². The minimum Gasteiger partial charge on any atom is -0.340 e. The maximum atomic E-state index is 12.7. The highest BCUT2D eigenvalue weighted by atomic mass is 16.2. The van der Waals surface area contributed by atoms with E-state index in [1.165, 1.54) is 12.8 Å². The van der Waals surface area contributed by atoms with Crippen LogP contribution in [0.2, 0.25) is 0 Å². The number of piperazine rings is 1. The summed E-state index contributed by atoms with van der Waals surface area (Å²) in [6.07, 6.45) is 4.51. The Morgan fingerprint density at radius 2 is 2.10 bits per heavy atom. The van der Waals surface area contributed by atoms with Crippen molar-refractivity contribution in [2.24, 2.45) is 17.6 Å². The first kappa shape index (κ1) is 15.8. The van der Waals surface area contributed by atoms with E-state index in [0.717, 1.165) is 39.0 Å². The minimum absolute atomic E-state index is 0.140. The Balaban J connectivity index is 1.90. The zero-order valence-electron chi connectivity index (χ0n) is 13.3. The van der Waals surface area contributed by atoms with E-state index in [1.807, 2.05) is 0 Å². The van der Waals surface area contributed by atoms with Gasteiger partial charge in [-0.1, -0.05) is 20.3 Å². The topological polar surface area (TPSA) is 49.6 Å². The van der Waals surface area contributed by atoms with Gasteiger partial charge >= 0.3 is 0 Å². The maximum Gasteiger partial charge on any atom is 0.225 e. The summed E-state index contributed by atoms with van der Waals surface area (Å²) in [4.78, 5) is 17.2. The van der Waals surface area contributed by atoms with Gasteiger partial charge in [-0.05, 0) is 38.6 Å². The van der Waals surface area contributed by atoms with E-state index in [1.54, 1.807) is 0 Å². The smallest absolute Gasteiger partial charge is 0.225 e. The van der Waals surface area contributed by atoms with Crippen LogP contribution in [0.4, 0.5) is 0 Å². The number of nitrogens with zero attached hydrogens (tertiary/aromatic N) is 2. The first-order valence-corrected chi connectivity index (χ1v) is 8.31. The van der Waals surface area contributed by atoms with Crippen LogP contribution in [0.1, 0.15) is 46.5 Å². The van der Waals surface area contributed by atoms with Gasteiger partial charge in [0.15, 0.2) is 0 Å². The lowest BCUT2D eigenvalue weighted by Crippen LogP contribution is -2.55. The van der Waals surface area contributed by atoms with E-state index in [2.05, 4.69) is 30.6 Å². The quantitative estimate of drug-likeness (QED) is 0.856. The van der Waals surface area contributed by atoms with Gasteiger partial charge in [-0.15, -0.1) is 0 Å². The third kappa shape index (κ3) is 3.53. The van der Waals surface area contributed by atoms with Crippen molar-refractivity contribution in [3.63, 3.8) is 0 Å². The molecule has 2 rings (SSSR count). The van der Waals surface area contributed by atoms with Crippen LogP contribution in [-0.2, 0) is 4.79 Å². The molecule has 4 heteroatoms. The molecule has 1 aliphatic heterocycles. The van der Waals surface area contributed by atoms with Crippen LogP contribution in [0.15, 0.2) is 0 Å². The molecule has 0 aromatic rings. The van der Waals surface area contributed by atoms with Gasteiger partial charge in [-0.25, -0.2) is 0 Å². The Hall–Kier alpha value is -0.610. The summed E-state index contributed by atoms with van der Waals surface area (Å²) in [6.45, 7) is 10.4. The second kappa shape index (κ2) is 6.90. The molecule has 2 aliphatic rings. The van der Waals surface area contributed by atoms with Gasteiger partial charge < -0.3 is 10.6 Å². The summed E-state index contributed by atoms with van der Waals surface area (Å²) in [6, 6.07) is 0.790. The lowest BCUT2D eigenvalue weighted by molar-refractivity contribution is -0.140. The molecule has 2 N–H and O–H groups in total. The average molecular weight is 281 g/mol. The van der Waals surface area contributed by atoms with E-state index in [4.69, 9.17) is 5.73 Å². The Kier molecular flexibility index (Phi) is 5.44. The average Bonchev–Trinajstić information content (AvgIpc) is 2.45. The molecule has 1 saturated heterocycles. The molecular weight excluding hydrogens is 250 g/mol. The van der Waals surface area contributed by atoms with Gasteiger partial charge in [0, 0.05) is 37.6 Å². The molecule has 116 valence electrons. The summed E-state index contributed by atoms with van der Waals surface area (Å²) in [5.74, 6) is 0.985. The van der Waals surface area contributed by atoms with Crippen molar-refractivity contribution in [2.75, 3.05) is 26.2 Å². The molecule has 4 atom stereocenters. The zero-order valence-corrected chi connectivity index (χ0v) is 13.3. The zero-order chi connectivity index (χ0) is 14.7. The van der Waals surface area contributed by atoms with Gasteiger partial charge in [0.25, 0.3) is 0 Å². The van der Waals surface area contributed by atoms with Crippen molar-refractivity contribution in [2.45, 2.75) is 58.5 Å². The highest BCUT2D eigenvalue weighted by Gasteiger charge is 2.33. The fourth-order valence-electron chi connectivity index (χ4n) is 3.88. The normalized spacial score (nSPS) is 34.0. The number of likely N-dealkylation sites (N-methyl/N-ethyl adjacent to an activating group) is 1. The van der Waals surface area contributed by atoms with E-state index >= 15 is 0 Å². The van der Waals surface area contributed by atoms with Crippen LogP contribution in [0, 0.1) is 11.8 Å². The van der Waals surface area contributed by atoms with Gasteiger partial charge in [0.1, 0.15) is 0 Å². The van der Waals surface area contributed by atoms with Crippen molar-refractivity contribution in [3.8, 4) is 0 Å². The lowest BCUT2D eigenvalue weighted by atomic mass is 9.78. The van der Waals surface area contributed by atoms with Crippen LogP contribution in [0.5, 0.6) is 0 Å². The minimum atomic E-state index is 0.140. The lowest BCUT2D eigenvalue weighted by Gasteiger charge is -2.41. The molecule has 2 fully saturated rings. The monoisotopic (exact) mass is 281 g/mol. The van der Waals surface area contributed by atoms with Crippen molar-refractivity contribution in [3.05, 3.63) is 0 Å². The molecular formula is C16H31N3O.